The molecule has 0 saturated carbocycles. The van der Waals surface area contributed by atoms with E-state index >= 15 is 0 Å². The van der Waals surface area contributed by atoms with Crippen LogP contribution in [0.5, 0.6) is 0 Å². The van der Waals surface area contributed by atoms with E-state index in [-0.39, 0.29) is 12.0 Å². The van der Waals surface area contributed by atoms with Crippen molar-refractivity contribution in [1.82, 2.24) is 4.90 Å². The van der Waals surface area contributed by atoms with Crippen molar-refractivity contribution in [3.63, 3.8) is 0 Å². The van der Waals surface area contributed by atoms with Gasteiger partial charge in [-0.05, 0) is 36.6 Å². The van der Waals surface area contributed by atoms with Crippen molar-refractivity contribution in [2.75, 3.05) is 19.7 Å². The molecular weight excluding hydrogens is 374 g/mol. The maximum absolute atomic E-state index is 13.2. The number of morpholine rings is 1. The Balaban J connectivity index is 1.76. The molecule has 2 aromatic carbocycles. The molecule has 1 heterocycles. The molecule has 0 bridgehead atoms. The van der Waals surface area contributed by atoms with E-state index in [9.17, 15) is 14.7 Å². The van der Waals surface area contributed by atoms with Crippen molar-refractivity contribution < 1.29 is 19.4 Å². The van der Waals surface area contributed by atoms with E-state index in [4.69, 9.17) is 4.74 Å². The SMILES string of the molecule is CCc1ccc(C2CN(C(=O)c3ccccc3SC(C)C(=O)O)CCO2)cc1. The predicted molar refractivity (Wildman–Crippen MR) is 110 cm³/mol. The van der Waals surface area contributed by atoms with Crippen molar-refractivity contribution in [1.29, 1.82) is 0 Å². The number of carbonyl (C=O) groups excluding carboxylic acids is 1. The summed E-state index contributed by atoms with van der Waals surface area (Å²) in [5, 5.41) is 8.57. The Kier molecular flexibility index (Phi) is 6.75. The number of amides is 1. The van der Waals surface area contributed by atoms with Gasteiger partial charge in [-0.3, -0.25) is 9.59 Å². The molecule has 0 spiro atoms. The van der Waals surface area contributed by atoms with E-state index in [0.717, 1.165) is 12.0 Å². The summed E-state index contributed by atoms with van der Waals surface area (Å²) in [6.45, 7) is 5.23. The Hall–Kier alpha value is -2.31. The second-order valence-electron chi connectivity index (χ2n) is 6.80. The zero-order valence-corrected chi connectivity index (χ0v) is 16.9. The monoisotopic (exact) mass is 399 g/mol. The van der Waals surface area contributed by atoms with Crippen LogP contribution < -0.4 is 0 Å². The number of hydrogen-bond donors (Lipinski definition) is 1. The molecule has 2 atom stereocenters. The molecule has 1 fully saturated rings. The first-order valence-corrected chi connectivity index (χ1v) is 10.4. The summed E-state index contributed by atoms with van der Waals surface area (Å²) in [5.41, 5.74) is 2.88. The molecule has 1 aliphatic rings. The van der Waals surface area contributed by atoms with Gasteiger partial charge in [0.2, 0.25) is 0 Å². The third-order valence-corrected chi connectivity index (χ3v) is 6.05. The van der Waals surface area contributed by atoms with Crippen LogP contribution in [0, 0.1) is 0 Å². The van der Waals surface area contributed by atoms with Crippen molar-refractivity contribution in [3.8, 4) is 0 Å². The van der Waals surface area contributed by atoms with E-state index in [1.807, 2.05) is 12.1 Å². The lowest BCUT2D eigenvalue weighted by Gasteiger charge is -2.33. The molecular formula is C22H25NO4S. The standard InChI is InChI=1S/C22H25NO4S/c1-3-16-8-10-17(11-9-16)19-14-23(12-13-27-19)21(24)18-6-4-5-7-20(18)28-15(2)22(25)26/h4-11,15,19H,3,12-14H2,1-2H3,(H,25,26). The maximum atomic E-state index is 13.2. The fraction of sp³-hybridized carbons (Fsp3) is 0.364. The van der Waals surface area contributed by atoms with Crippen molar-refractivity contribution in [2.45, 2.75) is 36.5 Å². The second kappa shape index (κ2) is 9.26. The molecule has 1 aliphatic heterocycles. The number of carbonyl (C=O) groups is 2. The van der Waals surface area contributed by atoms with Gasteiger partial charge in [0.15, 0.2) is 0 Å². The number of carboxylic acid groups (broad SMARTS) is 1. The number of hydrogen-bond acceptors (Lipinski definition) is 4. The number of ether oxygens (including phenoxy) is 1. The maximum Gasteiger partial charge on any atom is 0.316 e. The predicted octanol–water partition coefficient (Wildman–Crippen LogP) is 4.03. The van der Waals surface area contributed by atoms with Gasteiger partial charge in [0.05, 0.1) is 18.7 Å². The Morgan fingerprint density at radius 3 is 2.61 bits per heavy atom. The minimum atomic E-state index is -0.894. The highest BCUT2D eigenvalue weighted by molar-refractivity contribution is 8.00. The lowest BCUT2D eigenvalue weighted by atomic mass is 10.0. The van der Waals surface area contributed by atoms with Crippen LogP contribution in [0.3, 0.4) is 0 Å². The van der Waals surface area contributed by atoms with E-state index in [1.165, 1.54) is 17.3 Å². The first kappa shape index (κ1) is 20.4. The average molecular weight is 400 g/mol. The summed E-state index contributed by atoms with van der Waals surface area (Å²) >= 11 is 1.19. The highest BCUT2D eigenvalue weighted by Crippen LogP contribution is 2.30. The summed E-state index contributed by atoms with van der Waals surface area (Å²) < 4.78 is 5.90. The normalized spacial score (nSPS) is 17.9. The second-order valence-corrected chi connectivity index (χ2v) is 8.18. The van der Waals surface area contributed by atoms with Gasteiger partial charge in [-0.15, -0.1) is 11.8 Å². The van der Waals surface area contributed by atoms with Crippen molar-refractivity contribution in [3.05, 3.63) is 65.2 Å². The molecule has 28 heavy (non-hydrogen) atoms. The van der Waals surface area contributed by atoms with Gasteiger partial charge in [0.25, 0.3) is 5.91 Å². The number of aryl methyl sites for hydroxylation is 1. The molecule has 5 nitrogen and oxygen atoms in total. The number of rotatable bonds is 6. The number of benzene rings is 2. The lowest BCUT2D eigenvalue weighted by molar-refractivity contribution is -0.136. The van der Waals surface area contributed by atoms with Crippen LogP contribution in [-0.2, 0) is 16.0 Å². The molecule has 1 saturated heterocycles. The molecule has 148 valence electrons. The van der Waals surface area contributed by atoms with Crippen LogP contribution in [0.15, 0.2) is 53.4 Å². The number of carboxylic acids is 1. The minimum Gasteiger partial charge on any atom is -0.480 e. The fourth-order valence-electron chi connectivity index (χ4n) is 3.16. The van der Waals surface area contributed by atoms with Gasteiger partial charge < -0.3 is 14.7 Å². The first-order valence-electron chi connectivity index (χ1n) is 9.47. The summed E-state index contributed by atoms with van der Waals surface area (Å²) in [6.07, 6.45) is 0.834. The van der Waals surface area contributed by atoms with E-state index in [0.29, 0.717) is 30.2 Å². The van der Waals surface area contributed by atoms with Crippen molar-refractivity contribution in [2.24, 2.45) is 0 Å². The van der Waals surface area contributed by atoms with E-state index < -0.39 is 11.2 Å². The van der Waals surface area contributed by atoms with Crippen LogP contribution in [0.25, 0.3) is 0 Å². The van der Waals surface area contributed by atoms with Gasteiger partial charge in [0, 0.05) is 11.4 Å². The van der Waals surface area contributed by atoms with Gasteiger partial charge in [-0.25, -0.2) is 0 Å². The molecule has 0 radical (unpaired) electrons. The van der Waals surface area contributed by atoms with Gasteiger partial charge in [-0.1, -0.05) is 43.3 Å². The van der Waals surface area contributed by atoms with Crippen LogP contribution in [0.4, 0.5) is 0 Å². The van der Waals surface area contributed by atoms with E-state index in [2.05, 4.69) is 31.2 Å². The van der Waals surface area contributed by atoms with Gasteiger partial charge >= 0.3 is 5.97 Å². The quantitative estimate of drug-likeness (QED) is 0.743. The van der Waals surface area contributed by atoms with Gasteiger partial charge in [-0.2, -0.15) is 0 Å². The van der Waals surface area contributed by atoms with Gasteiger partial charge in [0.1, 0.15) is 11.4 Å². The fourth-order valence-corrected chi connectivity index (χ4v) is 4.08. The lowest BCUT2D eigenvalue weighted by Crippen LogP contribution is -2.42. The van der Waals surface area contributed by atoms with Crippen LogP contribution in [-0.4, -0.2) is 46.8 Å². The summed E-state index contributed by atoms with van der Waals surface area (Å²) in [7, 11) is 0. The summed E-state index contributed by atoms with van der Waals surface area (Å²) in [5.74, 6) is -0.978. The van der Waals surface area contributed by atoms with Crippen LogP contribution in [0.1, 0.15) is 41.4 Å². The minimum absolute atomic E-state index is 0.0841. The Bertz CT molecular complexity index is 837. The molecule has 1 N–H and O–H groups in total. The largest absolute Gasteiger partial charge is 0.480 e. The highest BCUT2D eigenvalue weighted by Gasteiger charge is 2.28. The smallest absolute Gasteiger partial charge is 0.316 e. The third kappa shape index (κ3) is 4.75. The Labute approximate surface area is 169 Å². The molecule has 0 aromatic heterocycles. The molecule has 2 unspecified atom stereocenters. The van der Waals surface area contributed by atoms with Crippen LogP contribution >= 0.6 is 11.8 Å². The average Bonchev–Trinajstić information content (AvgIpc) is 2.73. The summed E-state index contributed by atoms with van der Waals surface area (Å²) in [4.78, 5) is 26.8. The molecule has 3 rings (SSSR count). The third-order valence-electron chi connectivity index (χ3n) is 4.88. The highest BCUT2D eigenvalue weighted by atomic mass is 32.2. The molecule has 2 aromatic rings. The zero-order valence-electron chi connectivity index (χ0n) is 16.1. The topological polar surface area (TPSA) is 66.8 Å². The first-order chi connectivity index (χ1) is 13.5. The molecule has 0 aliphatic carbocycles. The molecule has 6 heteroatoms. The van der Waals surface area contributed by atoms with Crippen LogP contribution in [0.2, 0.25) is 0 Å². The zero-order chi connectivity index (χ0) is 20.1. The number of aliphatic carboxylic acids is 1. The number of thioether (sulfide) groups is 1. The molecule has 1 amide bonds. The Morgan fingerprint density at radius 1 is 1.21 bits per heavy atom. The number of nitrogens with zero attached hydrogens (tertiary/aromatic N) is 1. The van der Waals surface area contributed by atoms with Crippen molar-refractivity contribution >= 4 is 23.6 Å². The summed E-state index contributed by atoms with van der Waals surface area (Å²) in [6, 6.07) is 15.5. The van der Waals surface area contributed by atoms with E-state index in [1.54, 1.807) is 24.0 Å². The Morgan fingerprint density at radius 2 is 1.93 bits per heavy atom.